The lowest BCUT2D eigenvalue weighted by Gasteiger charge is -2.24. The summed E-state index contributed by atoms with van der Waals surface area (Å²) in [6.07, 6.45) is 1.35. The summed E-state index contributed by atoms with van der Waals surface area (Å²) in [6.45, 7) is 0.233. The monoisotopic (exact) mass is 306 g/mol. The van der Waals surface area contributed by atoms with Gasteiger partial charge in [0.2, 0.25) is 0 Å². The maximum atomic E-state index is 12.5. The van der Waals surface area contributed by atoms with Crippen LogP contribution in [0.4, 0.5) is 5.69 Å². The Morgan fingerprint density at radius 3 is 2.50 bits per heavy atom. The lowest BCUT2D eigenvalue weighted by molar-refractivity contribution is 0.522. The average molecular weight is 307 g/mol. The van der Waals surface area contributed by atoms with Gasteiger partial charge in [-0.2, -0.15) is 0 Å². The zero-order valence-electron chi connectivity index (χ0n) is 10.4. The Kier molecular flexibility index (Phi) is 3.23. The van der Waals surface area contributed by atoms with Crippen LogP contribution in [0.1, 0.15) is 5.56 Å². The third-order valence-corrected chi connectivity index (χ3v) is 5.02. The molecule has 0 aliphatic carbocycles. The smallest absolute Gasteiger partial charge is 0.252 e. The van der Waals surface area contributed by atoms with Crippen LogP contribution in [0.15, 0.2) is 58.4 Å². The molecule has 0 bridgehead atoms. The normalized spacial score (nSPS) is 15.9. The van der Waals surface area contributed by atoms with Gasteiger partial charge >= 0.3 is 0 Å². The van der Waals surface area contributed by atoms with Gasteiger partial charge < -0.3 is 0 Å². The van der Waals surface area contributed by atoms with Crippen LogP contribution in [0, 0.1) is 0 Å². The molecule has 4 nitrogen and oxygen atoms in total. The maximum absolute atomic E-state index is 12.5. The molecule has 6 heteroatoms. The van der Waals surface area contributed by atoms with E-state index in [2.05, 4.69) is 4.99 Å². The molecule has 0 atom stereocenters. The van der Waals surface area contributed by atoms with Gasteiger partial charge in [0.1, 0.15) is 11.2 Å². The first-order valence-electron chi connectivity index (χ1n) is 5.97. The van der Waals surface area contributed by atoms with Crippen LogP contribution < -0.4 is 0 Å². The number of aliphatic imine (C=N–C) groups is 1. The minimum absolute atomic E-state index is 0.233. The standard InChI is InChI=1S/C14H11ClN2O2S/c15-12-7-5-11(6-8-12)9-17-10-16-13-3-1-2-4-14(13)20(17,18)19/h1-8,10H,9H2. The molecule has 1 heterocycles. The van der Waals surface area contributed by atoms with Gasteiger partial charge in [-0.1, -0.05) is 35.9 Å². The molecule has 2 aromatic carbocycles. The molecule has 0 aromatic heterocycles. The van der Waals surface area contributed by atoms with Crippen LogP contribution in [0.25, 0.3) is 0 Å². The van der Waals surface area contributed by atoms with Gasteiger partial charge in [-0.15, -0.1) is 0 Å². The Morgan fingerprint density at radius 1 is 1.05 bits per heavy atom. The van der Waals surface area contributed by atoms with Gasteiger partial charge in [0.05, 0.1) is 12.2 Å². The number of hydrogen-bond acceptors (Lipinski definition) is 3. The van der Waals surface area contributed by atoms with Crippen molar-refractivity contribution in [2.24, 2.45) is 4.99 Å². The highest BCUT2D eigenvalue weighted by Gasteiger charge is 2.28. The SMILES string of the molecule is O=S1(=O)c2ccccc2N=CN1Cc1ccc(Cl)cc1. The van der Waals surface area contributed by atoms with Crippen LogP contribution in [0.3, 0.4) is 0 Å². The molecule has 2 aromatic rings. The van der Waals surface area contributed by atoms with Gasteiger partial charge in [0.25, 0.3) is 10.0 Å². The molecule has 1 aliphatic rings. The second-order valence-electron chi connectivity index (χ2n) is 4.39. The van der Waals surface area contributed by atoms with Gasteiger partial charge in [-0.3, -0.25) is 4.31 Å². The lowest BCUT2D eigenvalue weighted by Crippen LogP contribution is -2.31. The molecule has 0 saturated carbocycles. The quantitative estimate of drug-likeness (QED) is 0.855. The number of halogens is 1. The molecule has 20 heavy (non-hydrogen) atoms. The number of hydrogen-bond donors (Lipinski definition) is 0. The largest absolute Gasteiger partial charge is 0.267 e. The Morgan fingerprint density at radius 2 is 1.75 bits per heavy atom. The van der Waals surface area contributed by atoms with Crippen molar-refractivity contribution in [2.45, 2.75) is 11.4 Å². The zero-order chi connectivity index (χ0) is 14.2. The first-order valence-corrected chi connectivity index (χ1v) is 7.79. The fourth-order valence-corrected chi connectivity index (χ4v) is 3.50. The maximum Gasteiger partial charge on any atom is 0.267 e. The van der Waals surface area contributed by atoms with Gasteiger partial charge in [0, 0.05) is 5.02 Å². The number of benzene rings is 2. The predicted molar refractivity (Wildman–Crippen MR) is 78.8 cm³/mol. The molecule has 0 spiro atoms. The Hall–Kier alpha value is -1.85. The molecule has 0 fully saturated rings. The van der Waals surface area contributed by atoms with Crippen molar-refractivity contribution in [2.75, 3.05) is 0 Å². The summed E-state index contributed by atoms with van der Waals surface area (Å²) in [6, 6.07) is 13.8. The molecular formula is C14H11ClN2O2S. The first kappa shape index (κ1) is 13.1. The number of para-hydroxylation sites is 1. The number of nitrogens with zero attached hydrogens (tertiary/aromatic N) is 2. The summed E-state index contributed by atoms with van der Waals surface area (Å²) in [5.74, 6) is 0. The van der Waals surface area contributed by atoms with E-state index in [0.29, 0.717) is 10.7 Å². The summed E-state index contributed by atoms with van der Waals surface area (Å²) in [7, 11) is -3.54. The van der Waals surface area contributed by atoms with Crippen LogP contribution in [0.2, 0.25) is 5.02 Å². The van der Waals surface area contributed by atoms with E-state index >= 15 is 0 Å². The highest BCUT2D eigenvalue weighted by Crippen LogP contribution is 2.30. The summed E-state index contributed by atoms with van der Waals surface area (Å²) in [4.78, 5) is 4.41. The number of sulfonamides is 1. The fraction of sp³-hybridized carbons (Fsp3) is 0.0714. The highest BCUT2D eigenvalue weighted by molar-refractivity contribution is 7.89. The van der Waals surface area contributed by atoms with E-state index in [1.807, 2.05) is 0 Å². The van der Waals surface area contributed by atoms with Crippen molar-refractivity contribution < 1.29 is 8.42 Å². The minimum atomic E-state index is -3.54. The van der Waals surface area contributed by atoms with Gasteiger partial charge in [-0.25, -0.2) is 13.4 Å². The van der Waals surface area contributed by atoms with Crippen LogP contribution >= 0.6 is 11.6 Å². The lowest BCUT2D eigenvalue weighted by atomic mass is 10.2. The van der Waals surface area contributed by atoms with E-state index in [0.717, 1.165) is 5.56 Å². The molecule has 0 N–H and O–H groups in total. The van der Waals surface area contributed by atoms with E-state index in [4.69, 9.17) is 11.6 Å². The fourth-order valence-electron chi connectivity index (χ4n) is 1.99. The summed E-state index contributed by atoms with van der Waals surface area (Å²) in [5.41, 5.74) is 1.32. The van der Waals surface area contributed by atoms with Crippen molar-refractivity contribution in [1.29, 1.82) is 0 Å². The second-order valence-corrected chi connectivity index (χ2v) is 6.68. The molecule has 0 amide bonds. The molecule has 3 rings (SSSR count). The van der Waals surface area contributed by atoms with Crippen molar-refractivity contribution in [3.63, 3.8) is 0 Å². The zero-order valence-corrected chi connectivity index (χ0v) is 12.0. The van der Waals surface area contributed by atoms with Crippen molar-refractivity contribution in [3.8, 4) is 0 Å². The molecule has 0 radical (unpaired) electrons. The van der Waals surface area contributed by atoms with E-state index in [9.17, 15) is 8.42 Å². The van der Waals surface area contributed by atoms with E-state index in [1.165, 1.54) is 10.6 Å². The first-order chi connectivity index (χ1) is 9.57. The minimum Gasteiger partial charge on any atom is -0.252 e. The number of rotatable bonds is 2. The molecule has 1 aliphatic heterocycles. The Balaban J connectivity index is 1.95. The molecule has 0 saturated heterocycles. The third-order valence-electron chi connectivity index (χ3n) is 3.03. The average Bonchev–Trinajstić information content (AvgIpc) is 2.44. The second kappa shape index (κ2) is 4.92. The van der Waals surface area contributed by atoms with E-state index in [-0.39, 0.29) is 11.4 Å². The Bertz CT molecular complexity index is 770. The summed E-state index contributed by atoms with van der Waals surface area (Å²) in [5, 5.41) is 0.620. The Labute approximate surface area is 122 Å². The summed E-state index contributed by atoms with van der Waals surface area (Å²) >= 11 is 5.82. The topological polar surface area (TPSA) is 49.7 Å². The predicted octanol–water partition coefficient (Wildman–Crippen LogP) is 3.20. The van der Waals surface area contributed by atoms with Gasteiger partial charge in [0.15, 0.2) is 0 Å². The van der Waals surface area contributed by atoms with Crippen molar-refractivity contribution in [3.05, 3.63) is 59.1 Å². The van der Waals surface area contributed by atoms with Crippen LogP contribution in [-0.4, -0.2) is 19.1 Å². The van der Waals surface area contributed by atoms with E-state index in [1.54, 1.807) is 48.5 Å². The summed E-state index contributed by atoms with van der Waals surface area (Å²) < 4.78 is 26.2. The van der Waals surface area contributed by atoms with Crippen LogP contribution in [0.5, 0.6) is 0 Å². The third kappa shape index (κ3) is 2.30. The van der Waals surface area contributed by atoms with Crippen LogP contribution in [-0.2, 0) is 16.6 Å². The van der Waals surface area contributed by atoms with Crippen molar-refractivity contribution >= 4 is 33.7 Å². The van der Waals surface area contributed by atoms with E-state index < -0.39 is 10.0 Å². The van der Waals surface area contributed by atoms with Gasteiger partial charge in [-0.05, 0) is 29.8 Å². The number of fused-ring (bicyclic) bond motifs is 1. The molecular weight excluding hydrogens is 296 g/mol. The van der Waals surface area contributed by atoms with Crippen molar-refractivity contribution in [1.82, 2.24) is 4.31 Å². The molecule has 102 valence electrons. The molecule has 0 unspecified atom stereocenters. The highest BCUT2D eigenvalue weighted by atomic mass is 35.5.